The van der Waals surface area contributed by atoms with E-state index in [1.165, 1.54) is 0 Å². The molecule has 1 N–H and O–H groups in total. The second-order valence-corrected chi connectivity index (χ2v) is 7.52. The van der Waals surface area contributed by atoms with Crippen LogP contribution < -0.4 is 4.72 Å². The summed E-state index contributed by atoms with van der Waals surface area (Å²) in [5.74, 6) is 0.567. The summed E-state index contributed by atoms with van der Waals surface area (Å²) < 4.78 is 33.7. The molecule has 0 saturated heterocycles. The van der Waals surface area contributed by atoms with Gasteiger partial charge < -0.3 is 9.30 Å². The number of ether oxygens (including phenoxy) is 1. The van der Waals surface area contributed by atoms with E-state index in [2.05, 4.69) is 9.71 Å². The SMILES string of the molecule is CC(C)OCCS(=O)(=O)NC1CC(Cn2ccnc2)C1. The molecule has 1 fully saturated rings. The highest BCUT2D eigenvalue weighted by atomic mass is 32.2. The average Bonchev–Trinajstić information content (AvgIpc) is 2.77. The first-order chi connectivity index (χ1) is 9.44. The third-order valence-corrected chi connectivity index (χ3v) is 4.81. The van der Waals surface area contributed by atoms with Crippen molar-refractivity contribution in [3.05, 3.63) is 18.7 Å². The van der Waals surface area contributed by atoms with E-state index in [9.17, 15) is 8.42 Å². The van der Waals surface area contributed by atoms with Crippen LogP contribution in [-0.2, 0) is 21.3 Å². The average molecular weight is 301 g/mol. The van der Waals surface area contributed by atoms with Gasteiger partial charge in [-0.15, -0.1) is 0 Å². The maximum Gasteiger partial charge on any atom is 0.214 e. The molecule has 1 aliphatic rings. The Morgan fingerprint density at radius 3 is 2.80 bits per heavy atom. The molecular formula is C13H23N3O3S. The number of imidazole rings is 1. The molecule has 7 heteroatoms. The molecule has 20 heavy (non-hydrogen) atoms. The fraction of sp³-hybridized carbons (Fsp3) is 0.769. The van der Waals surface area contributed by atoms with Crippen LogP contribution in [0.15, 0.2) is 18.7 Å². The van der Waals surface area contributed by atoms with Crippen LogP contribution in [0.2, 0.25) is 0 Å². The maximum atomic E-state index is 11.8. The van der Waals surface area contributed by atoms with Gasteiger partial charge in [-0.1, -0.05) is 0 Å². The minimum atomic E-state index is -3.22. The van der Waals surface area contributed by atoms with E-state index < -0.39 is 10.0 Å². The smallest absolute Gasteiger partial charge is 0.214 e. The summed E-state index contributed by atoms with van der Waals surface area (Å²) in [7, 11) is -3.22. The second-order valence-electron chi connectivity index (χ2n) is 5.65. The van der Waals surface area contributed by atoms with E-state index in [0.29, 0.717) is 5.92 Å². The van der Waals surface area contributed by atoms with E-state index in [1.807, 2.05) is 24.6 Å². The first-order valence-electron chi connectivity index (χ1n) is 7.02. The molecule has 1 heterocycles. The lowest BCUT2D eigenvalue weighted by Gasteiger charge is -2.35. The lowest BCUT2D eigenvalue weighted by atomic mass is 9.81. The Hall–Kier alpha value is -0.920. The van der Waals surface area contributed by atoms with Crippen molar-refractivity contribution < 1.29 is 13.2 Å². The molecule has 0 atom stereocenters. The Balaban J connectivity index is 1.65. The Morgan fingerprint density at radius 2 is 2.20 bits per heavy atom. The number of nitrogens with zero attached hydrogens (tertiary/aromatic N) is 2. The van der Waals surface area contributed by atoms with Crippen molar-refractivity contribution in [1.82, 2.24) is 14.3 Å². The van der Waals surface area contributed by atoms with Gasteiger partial charge in [-0.05, 0) is 32.6 Å². The summed E-state index contributed by atoms with van der Waals surface area (Å²) >= 11 is 0. The van der Waals surface area contributed by atoms with Gasteiger partial charge >= 0.3 is 0 Å². The molecule has 2 rings (SSSR count). The molecule has 0 amide bonds. The molecular weight excluding hydrogens is 278 g/mol. The zero-order chi connectivity index (χ0) is 14.6. The zero-order valence-electron chi connectivity index (χ0n) is 12.0. The highest BCUT2D eigenvalue weighted by Crippen LogP contribution is 2.29. The van der Waals surface area contributed by atoms with Gasteiger partial charge in [0.15, 0.2) is 0 Å². The van der Waals surface area contributed by atoms with Crippen LogP contribution in [0.25, 0.3) is 0 Å². The minimum Gasteiger partial charge on any atom is -0.378 e. The van der Waals surface area contributed by atoms with Crippen LogP contribution in [0.4, 0.5) is 0 Å². The predicted octanol–water partition coefficient (Wildman–Crippen LogP) is 1.01. The fourth-order valence-electron chi connectivity index (χ4n) is 2.38. The van der Waals surface area contributed by atoms with Crippen molar-refractivity contribution >= 4 is 10.0 Å². The van der Waals surface area contributed by atoms with Crippen LogP contribution in [0.3, 0.4) is 0 Å². The molecule has 6 nitrogen and oxygen atoms in total. The van der Waals surface area contributed by atoms with Crippen LogP contribution >= 0.6 is 0 Å². The van der Waals surface area contributed by atoms with Gasteiger partial charge in [0.2, 0.25) is 10.0 Å². The van der Waals surface area contributed by atoms with Gasteiger partial charge in [0.05, 0.1) is 24.8 Å². The zero-order valence-corrected chi connectivity index (χ0v) is 12.8. The normalized spacial score (nSPS) is 22.9. The minimum absolute atomic E-state index is 0.0356. The molecule has 0 aromatic carbocycles. The van der Waals surface area contributed by atoms with Crippen LogP contribution in [0.1, 0.15) is 26.7 Å². The van der Waals surface area contributed by atoms with Gasteiger partial charge in [0.1, 0.15) is 0 Å². The number of rotatable bonds is 8. The first-order valence-corrected chi connectivity index (χ1v) is 8.67. The Kier molecular flexibility index (Phi) is 5.17. The van der Waals surface area contributed by atoms with Crippen molar-refractivity contribution in [3.8, 4) is 0 Å². The number of nitrogens with one attached hydrogen (secondary N) is 1. The molecule has 1 aromatic heterocycles. The first kappa shape index (κ1) is 15.5. The van der Waals surface area contributed by atoms with Crippen molar-refractivity contribution in [2.24, 2.45) is 5.92 Å². The van der Waals surface area contributed by atoms with E-state index in [-0.39, 0.29) is 24.5 Å². The molecule has 0 spiro atoms. The van der Waals surface area contributed by atoms with E-state index >= 15 is 0 Å². The number of aromatic nitrogens is 2. The molecule has 1 aliphatic carbocycles. The summed E-state index contributed by atoms with van der Waals surface area (Å²) in [6.45, 7) is 4.95. The lowest BCUT2D eigenvalue weighted by Crippen LogP contribution is -2.46. The van der Waals surface area contributed by atoms with Gasteiger partial charge in [0.25, 0.3) is 0 Å². The topological polar surface area (TPSA) is 73.2 Å². The maximum absolute atomic E-state index is 11.8. The van der Waals surface area contributed by atoms with E-state index in [1.54, 1.807) is 12.5 Å². The monoisotopic (exact) mass is 301 g/mol. The Morgan fingerprint density at radius 1 is 1.45 bits per heavy atom. The van der Waals surface area contributed by atoms with Crippen molar-refractivity contribution in [1.29, 1.82) is 0 Å². The number of hydrogen-bond donors (Lipinski definition) is 1. The largest absolute Gasteiger partial charge is 0.378 e. The summed E-state index contributed by atoms with van der Waals surface area (Å²) in [5.41, 5.74) is 0. The molecule has 1 aromatic rings. The third-order valence-electron chi connectivity index (χ3n) is 3.41. The van der Waals surface area contributed by atoms with Crippen molar-refractivity contribution in [2.75, 3.05) is 12.4 Å². The van der Waals surface area contributed by atoms with Gasteiger partial charge in [0, 0.05) is 25.0 Å². The third kappa shape index (κ3) is 4.88. The van der Waals surface area contributed by atoms with Gasteiger partial charge in [-0.2, -0.15) is 0 Å². The lowest BCUT2D eigenvalue weighted by molar-refractivity contribution is 0.0910. The van der Waals surface area contributed by atoms with E-state index in [0.717, 1.165) is 19.4 Å². The van der Waals surface area contributed by atoms with Crippen molar-refractivity contribution in [2.45, 2.75) is 45.4 Å². The van der Waals surface area contributed by atoms with Crippen LogP contribution in [-0.4, -0.2) is 42.5 Å². The fourth-order valence-corrected chi connectivity index (χ4v) is 3.51. The standard InChI is InChI=1S/C13H23N3O3S/c1-11(2)19-5-6-20(17,18)15-13-7-12(8-13)9-16-4-3-14-10-16/h3-4,10-13,15H,5-9H2,1-2H3. The van der Waals surface area contributed by atoms with Gasteiger partial charge in [-0.25, -0.2) is 18.1 Å². The Bertz CT molecular complexity index is 493. The van der Waals surface area contributed by atoms with Crippen molar-refractivity contribution in [3.63, 3.8) is 0 Å². The molecule has 0 aliphatic heterocycles. The van der Waals surface area contributed by atoms with E-state index in [4.69, 9.17) is 4.74 Å². The predicted molar refractivity (Wildman–Crippen MR) is 76.7 cm³/mol. The highest BCUT2D eigenvalue weighted by Gasteiger charge is 2.32. The summed E-state index contributed by atoms with van der Waals surface area (Å²) in [6.07, 6.45) is 7.33. The molecule has 114 valence electrons. The highest BCUT2D eigenvalue weighted by molar-refractivity contribution is 7.89. The molecule has 0 unspecified atom stereocenters. The molecule has 0 radical (unpaired) electrons. The molecule has 0 bridgehead atoms. The van der Waals surface area contributed by atoms with Crippen LogP contribution in [0.5, 0.6) is 0 Å². The number of sulfonamides is 1. The Labute approximate surface area is 120 Å². The quantitative estimate of drug-likeness (QED) is 0.777. The molecule has 1 saturated carbocycles. The van der Waals surface area contributed by atoms with Crippen LogP contribution in [0, 0.1) is 5.92 Å². The summed E-state index contributed by atoms with van der Waals surface area (Å²) in [6, 6.07) is 0.0765. The number of hydrogen-bond acceptors (Lipinski definition) is 4. The summed E-state index contributed by atoms with van der Waals surface area (Å²) in [5, 5.41) is 0. The second kappa shape index (κ2) is 6.69. The van der Waals surface area contributed by atoms with Gasteiger partial charge in [-0.3, -0.25) is 0 Å². The summed E-state index contributed by atoms with van der Waals surface area (Å²) in [4.78, 5) is 4.00.